The summed E-state index contributed by atoms with van der Waals surface area (Å²) in [5.41, 5.74) is 0.314. The van der Waals surface area contributed by atoms with Gasteiger partial charge in [0.2, 0.25) is 0 Å². The van der Waals surface area contributed by atoms with E-state index in [1.165, 1.54) is 0 Å². The SMILES string of the molecule is C=C(C)C(=O)OCCCNC(=O)OC(COCCOc1cccc(OCCOCC(O)COc2ccccc2)c1)COc1ccccc1. The second-order valence-electron chi connectivity index (χ2n) is 10.4. The number of carbonyl (C=O) groups is 2. The van der Waals surface area contributed by atoms with E-state index in [-0.39, 0.29) is 52.8 Å². The Hall–Kier alpha value is -4.78. The zero-order chi connectivity index (χ0) is 34.2. The van der Waals surface area contributed by atoms with E-state index in [2.05, 4.69) is 11.9 Å². The van der Waals surface area contributed by atoms with Crippen molar-refractivity contribution in [3.8, 4) is 23.0 Å². The Morgan fingerprint density at radius 3 is 1.85 bits per heavy atom. The molecule has 0 fully saturated rings. The van der Waals surface area contributed by atoms with E-state index in [9.17, 15) is 14.7 Å². The lowest BCUT2D eigenvalue weighted by Crippen LogP contribution is -2.36. The zero-order valence-electron chi connectivity index (χ0n) is 27.3. The summed E-state index contributed by atoms with van der Waals surface area (Å²) in [5.74, 6) is 2.05. The van der Waals surface area contributed by atoms with Crippen molar-refractivity contribution >= 4 is 12.1 Å². The van der Waals surface area contributed by atoms with Crippen LogP contribution in [-0.4, -0.2) is 95.4 Å². The maximum absolute atomic E-state index is 12.4. The largest absolute Gasteiger partial charge is 0.491 e. The van der Waals surface area contributed by atoms with Crippen LogP contribution in [0.2, 0.25) is 0 Å². The molecule has 0 aromatic heterocycles. The number of nitrogens with one attached hydrogen (secondary N) is 1. The highest BCUT2D eigenvalue weighted by molar-refractivity contribution is 5.86. The predicted molar refractivity (Wildman–Crippen MR) is 178 cm³/mol. The molecular weight excluding hydrogens is 622 g/mol. The van der Waals surface area contributed by atoms with Gasteiger partial charge in [0.15, 0.2) is 6.10 Å². The van der Waals surface area contributed by atoms with Crippen molar-refractivity contribution < 1.29 is 52.6 Å². The van der Waals surface area contributed by atoms with Crippen LogP contribution in [0.4, 0.5) is 4.79 Å². The highest BCUT2D eigenvalue weighted by Gasteiger charge is 2.16. The number of hydrogen-bond donors (Lipinski definition) is 2. The molecule has 0 aliphatic rings. The van der Waals surface area contributed by atoms with E-state index in [1.807, 2.05) is 54.6 Å². The molecule has 260 valence electrons. The van der Waals surface area contributed by atoms with Crippen LogP contribution in [0.3, 0.4) is 0 Å². The van der Waals surface area contributed by atoms with Gasteiger partial charge in [-0.25, -0.2) is 9.59 Å². The van der Waals surface area contributed by atoms with Crippen molar-refractivity contribution in [1.29, 1.82) is 0 Å². The topological polar surface area (TPSA) is 140 Å². The van der Waals surface area contributed by atoms with Gasteiger partial charge >= 0.3 is 12.1 Å². The molecule has 3 aromatic rings. The molecule has 0 bridgehead atoms. The number of alkyl carbamates (subject to hydrolysis) is 1. The Labute approximate surface area is 281 Å². The Morgan fingerprint density at radius 1 is 0.688 bits per heavy atom. The molecule has 1 amide bonds. The van der Waals surface area contributed by atoms with Crippen LogP contribution >= 0.6 is 0 Å². The summed E-state index contributed by atoms with van der Waals surface area (Å²) in [6, 6.07) is 25.6. The van der Waals surface area contributed by atoms with Crippen LogP contribution in [0.25, 0.3) is 0 Å². The van der Waals surface area contributed by atoms with E-state index in [0.717, 1.165) is 0 Å². The minimum absolute atomic E-state index is 0.0794. The third-order valence-electron chi connectivity index (χ3n) is 6.22. The Kier molecular flexibility index (Phi) is 17.8. The predicted octanol–water partition coefficient (Wildman–Crippen LogP) is 4.60. The quantitative estimate of drug-likeness (QED) is 0.0787. The number of hydrogen-bond acceptors (Lipinski definition) is 11. The van der Waals surface area contributed by atoms with Crippen LogP contribution in [0.5, 0.6) is 23.0 Å². The van der Waals surface area contributed by atoms with Crippen molar-refractivity contribution in [2.45, 2.75) is 25.6 Å². The lowest BCUT2D eigenvalue weighted by Gasteiger charge is -2.19. The minimum Gasteiger partial charge on any atom is -0.491 e. The van der Waals surface area contributed by atoms with Crippen molar-refractivity contribution in [3.63, 3.8) is 0 Å². The molecule has 0 heterocycles. The van der Waals surface area contributed by atoms with Crippen LogP contribution in [0.1, 0.15) is 13.3 Å². The summed E-state index contributed by atoms with van der Waals surface area (Å²) in [6.07, 6.45) is -1.67. The molecule has 0 saturated heterocycles. The highest BCUT2D eigenvalue weighted by Crippen LogP contribution is 2.19. The van der Waals surface area contributed by atoms with Gasteiger partial charge in [0.1, 0.15) is 55.5 Å². The average Bonchev–Trinajstić information content (AvgIpc) is 3.10. The maximum atomic E-state index is 12.4. The van der Waals surface area contributed by atoms with Gasteiger partial charge in [-0.3, -0.25) is 0 Å². The zero-order valence-corrected chi connectivity index (χ0v) is 27.3. The standard InChI is InChI=1S/C36H45NO11/c1-28(2)35(39)45-18-10-17-37-36(40)48-34(27-47-31-13-7-4-8-14-31)26-42-20-22-44-33-16-9-15-32(23-33)43-21-19-41-24-29(38)25-46-30-11-5-3-6-12-30/h3-9,11-16,23,29,34,38H,1,10,17-22,24-27H2,2H3,(H,37,40). The fourth-order valence-electron chi connectivity index (χ4n) is 3.85. The number of amides is 1. The van der Waals surface area contributed by atoms with Gasteiger partial charge in [-0.1, -0.05) is 49.0 Å². The first-order chi connectivity index (χ1) is 23.4. The van der Waals surface area contributed by atoms with Crippen LogP contribution in [0, 0.1) is 0 Å². The molecule has 2 atom stereocenters. The molecule has 0 spiro atoms. The first-order valence-electron chi connectivity index (χ1n) is 15.7. The molecule has 2 N–H and O–H groups in total. The number of aliphatic hydroxyl groups is 1. The second kappa shape index (κ2) is 22.7. The number of benzene rings is 3. The number of para-hydroxylation sites is 2. The third-order valence-corrected chi connectivity index (χ3v) is 6.22. The number of esters is 1. The Morgan fingerprint density at radius 2 is 1.25 bits per heavy atom. The first-order valence-corrected chi connectivity index (χ1v) is 15.7. The van der Waals surface area contributed by atoms with E-state index in [1.54, 1.807) is 37.3 Å². The summed E-state index contributed by atoms with van der Waals surface area (Å²) in [5, 5.41) is 12.7. The molecule has 2 unspecified atom stereocenters. The van der Waals surface area contributed by atoms with Crippen LogP contribution < -0.4 is 24.3 Å². The normalized spacial score (nSPS) is 11.9. The van der Waals surface area contributed by atoms with Crippen LogP contribution in [0.15, 0.2) is 97.1 Å². The van der Waals surface area contributed by atoms with Gasteiger partial charge in [-0.15, -0.1) is 0 Å². The minimum atomic E-state index is -0.754. The number of aliphatic hydroxyl groups excluding tert-OH is 1. The summed E-state index contributed by atoms with van der Waals surface area (Å²) in [6.45, 7) is 6.99. The number of rotatable bonds is 24. The monoisotopic (exact) mass is 667 g/mol. The maximum Gasteiger partial charge on any atom is 0.407 e. The van der Waals surface area contributed by atoms with E-state index in [0.29, 0.717) is 48.2 Å². The first kappa shape index (κ1) is 37.7. The molecule has 0 saturated carbocycles. The molecule has 3 rings (SSSR count). The summed E-state index contributed by atoms with van der Waals surface area (Å²) >= 11 is 0. The Balaban J connectivity index is 1.31. The molecule has 12 heteroatoms. The fraction of sp³-hybridized carbons (Fsp3) is 0.389. The van der Waals surface area contributed by atoms with Crippen molar-refractivity contribution in [2.75, 3.05) is 66.0 Å². The summed E-state index contributed by atoms with van der Waals surface area (Å²) < 4.78 is 44.5. The van der Waals surface area contributed by atoms with Gasteiger partial charge in [0, 0.05) is 18.2 Å². The molecule has 0 aliphatic carbocycles. The van der Waals surface area contributed by atoms with Gasteiger partial charge in [0.25, 0.3) is 0 Å². The molecule has 0 radical (unpaired) electrons. The van der Waals surface area contributed by atoms with Gasteiger partial charge in [-0.05, 0) is 49.7 Å². The van der Waals surface area contributed by atoms with Gasteiger partial charge < -0.3 is 48.3 Å². The molecule has 3 aromatic carbocycles. The van der Waals surface area contributed by atoms with Crippen LogP contribution in [-0.2, 0) is 23.7 Å². The number of ether oxygens (including phenoxy) is 8. The lowest BCUT2D eigenvalue weighted by molar-refractivity contribution is -0.138. The third kappa shape index (κ3) is 16.7. The molecule has 48 heavy (non-hydrogen) atoms. The van der Waals surface area contributed by atoms with Gasteiger partial charge in [-0.2, -0.15) is 0 Å². The summed E-state index contributed by atoms with van der Waals surface area (Å²) in [4.78, 5) is 23.8. The van der Waals surface area contributed by atoms with Crippen molar-refractivity contribution in [3.05, 3.63) is 97.1 Å². The van der Waals surface area contributed by atoms with Crippen molar-refractivity contribution in [1.82, 2.24) is 5.32 Å². The van der Waals surface area contributed by atoms with E-state index in [4.69, 9.17) is 37.9 Å². The number of carbonyl (C=O) groups excluding carboxylic acids is 2. The highest BCUT2D eigenvalue weighted by atomic mass is 16.6. The van der Waals surface area contributed by atoms with E-state index >= 15 is 0 Å². The molecule has 12 nitrogen and oxygen atoms in total. The van der Waals surface area contributed by atoms with Crippen molar-refractivity contribution in [2.24, 2.45) is 0 Å². The summed E-state index contributed by atoms with van der Waals surface area (Å²) in [7, 11) is 0. The Bertz CT molecular complexity index is 1340. The smallest absolute Gasteiger partial charge is 0.407 e. The molecular formula is C36H45NO11. The fourth-order valence-corrected chi connectivity index (χ4v) is 3.85. The van der Waals surface area contributed by atoms with Gasteiger partial charge in [0.05, 0.1) is 33.0 Å². The lowest BCUT2D eigenvalue weighted by atomic mass is 10.3. The van der Waals surface area contributed by atoms with E-state index < -0.39 is 24.3 Å². The molecule has 0 aliphatic heterocycles. The second-order valence-corrected chi connectivity index (χ2v) is 10.4. The average molecular weight is 668 g/mol.